The molecule has 1 aliphatic heterocycles. The summed E-state index contributed by atoms with van der Waals surface area (Å²) in [7, 11) is 0. The molecule has 0 unspecified atom stereocenters. The summed E-state index contributed by atoms with van der Waals surface area (Å²) in [6.07, 6.45) is 0. The van der Waals surface area contributed by atoms with Crippen LogP contribution in [-0.2, 0) is 12.0 Å². The Balaban J connectivity index is 1.67. The quantitative estimate of drug-likeness (QED) is 0.856. The molecule has 6 nitrogen and oxygen atoms in total. The number of halogens is 1. The second kappa shape index (κ2) is 8.05. The zero-order valence-corrected chi connectivity index (χ0v) is 17.6. The molecule has 1 aliphatic rings. The lowest BCUT2D eigenvalue weighted by molar-refractivity contribution is 0.0625. The normalized spacial score (nSPS) is 15.7. The number of amides is 1. The van der Waals surface area contributed by atoms with Gasteiger partial charge in [-0.3, -0.25) is 14.5 Å². The Bertz CT molecular complexity index is 907. The number of nitrogens with one attached hydrogen (secondary N) is 1. The van der Waals surface area contributed by atoms with Gasteiger partial charge >= 0.3 is 0 Å². The highest BCUT2D eigenvalue weighted by molar-refractivity contribution is 6.30. The third-order valence-electron chi connectivity index (χ3n) is 5.00. The number of benzene rings is 1. The summed E-state index contributed by atoms with van der Waals surface area (Å²) in [5.74, 6) is 0.359. The predicted molar refractivity (Wildman–Crippen MR) is 111 cm³/mol. The van der Waals surface area contributed by atoms with Gasteiger partial charge in [-0.1, -0.05) is 44.5 Å². The highest BCUT2D eigenvalue weighted by atomic mass is 35.5. The molecule has 1 N–H and O–H groups in total. The monoisotopic (exact) mass is 402 g/mol. The summed E-state index contributed by atoms with van der Waals surface area (Å²) in [5, 5.41) is 0.728. The van der Waals surface area contributed by atoms with Crippen molar-refractivity contribution in [2.45, 2.75) is 39.7 Å². The largest absolute Gasteiger partial charge is 0.336 e. The maximum Gasteiger partial charge on any atom is 0.264 e. The van der Waals surface area contributed by atoms with Crippen molar-refractivity contribution in [3.05, 3.63) is 62.3 Å². The van der Waals surface area contributed by atoms with E-state index in [0.29, 0.717) is 24.6 Å². The van der Waals surface area contributed by atoms with E-state index in [9.17, 15) is 9.59 Å². The van der Waals surface area contributed by atoms with Gasteiger partial charge in [-0.2, -0.15) is 0 Å². The van der Waals surface area contributed by atoms with Crippen LogP contribution in [0.15, 0.2) is 29.1 Å². The van der Waals surface area contributed by atoms with E-state index in [0.717, 1.165) is 24.7 Å². The average molecular weight is 403 g/mol. The lowest BCUT2D eigenvalue weighted by Gasteiger charge is -2.34. The second-order valence-corrected chi connectivity index (χ2v) is 8.76. The number of hydrogen-bond donors (Lipinski definition) is 1. The van der Waals surface area contributed by atoms with Gasteiger partial charge in [-0.25, -0.2) is 4.98 Å². The van der Waals surface area contributed by atoms with Crippen LogP contribution in [0.5, 0.6) is 0 Å². The fourth-order valence-electron chi connectivity index (χ4n) is 3.31. The average Bonchev–Trinajstić information content (AvgIpc) is 2.63. The molecule has 7 heteroatoms. The van der Waals surface area contributed by atoms with Crippen molar-refractivity contribution >= 4 is 17.5 Å². The van der Waals surface area contributed by atoms with Gasteiger partial charge in [-0.15, -0.1) is 0 Å². The first-order chi connectivity index (χ1) is 13.1. The van der Waals surface area contributed by atoms with E-state index in [1.807, 2.05) is 45.0 Å². The topological polar surface area (TPSA) is 69.3 Å². The van der Waals surface area contributed by atoms with Gasteiger partial charge in [0.1, 0.15) is 11.4 Å². The van der Waals surface area contributed by atoms with Crippen molar-refractivity contribution in [3.63, 3.8) is 0 Å². The first kappa shape index (κ1) is 20.6. The SMILES string of the molecule is Cc1nc(C(C)(C)C)[nH]c(=O)c1C(=O)N1CCN(Cc2ccc(Cl)cc2)CC1. The molecule has 1 amide bonds. The van der Waals surface area contributed by atoms with Gasteiger partial charge in [0.2, 0.25) is 0 Å². The van der Waals surface area contributed by atoms with Gasteiger partial charge in [0.05, 0.1) is 5.69 Å². The lowest BCUT2D eigenvalue weighted by Crippen LogP contribution is -2.49. The molecule has 1 saturated heterocycles. The fraction of sp³-hybridized carbons (Fsp3) is 0.476. The first-order valence-electron chi connectivity index (χ1n) is 9.52. The van der Waals surface area contributed by atoms with Crippen LogP contribution in [0, 0.1) is 6.92 Å². The Morgan fingerprint density at radius 3 is 2.29 bits per heavy atom. The third-order valence-corrected chi connectivity index (χ3v) is 5.26. The summed E-state index contributed by atoms with van der Waals surface area (Å²) >= 11 is 5.94. The number of H-pyrrole nitrogens is 1. The van der Waals surface area contributed by atoms with Gasteiger partial charge < -0.3 is 9.88 Å². The van der Waals surface area contributed by atoms with Crippen LogP contribution in [0.2, 0.25) is 5.02 Å². The van der Waals surface area contributed by atoms with E-state index in [4.69, 9.17) is 11.6 Å². The molecular weight excluding hydrogens is 376 g/mol. The highest BCUT2D eigenvalue weighted by Crippen LogP contribution is 2.18. The van der Waals surface area contributed by atoms with E-state index < -0.39 is 0 Å². The van der Waals surface area contributed by atoms with E-state index in [1.165, 1.54) is 5.56 Å². The number of carbonyl (C=O) groups excluding carboxylic acids is 1. The molecule has 0 aliphatic carbocycles. The molecule has 0 spiro atoms. The maximum absolute atomic E-state index is 12.9. The Hall–Kier alpha value is -2.18. The van der Waals surface area contributed by atoms with Crippen molar-refractivity contribution < 1.29 is 4.79 Å². The molecule has 0 saturated carbocycles. The summed E-state index contributed by atoms with van der Waals surface area (Å²) < 4.78 is 0. The molecule has 1 aromatic carbocycles. The number of piperazine rings is 1. The van der Waals surface area contributed by atoms with Gasteiger partial charge in [0.25, 0.3) is 11.5 Å². The van der Waals surface area contributed by atoms with Crippen molar-refractivity contribution in [3.8, 4) is 0 Å². The molecule has 1 fully saturated rings. The summed E-state index contributed by atoms with van der Waals surface area (Å²) in [4.78, 5) is 36.8. The van der Waals surface area contributed by atoms with Crippen LogP contribution in [0.4, 0.5) is 0 Å². The third kappa shape index (κ3) is 4.62. The van der Waals surface area contributed by atoms with E-state index in [-0.39, 0.29) is 22.4 Å². The van der Waals surface area contributed by atoms with Crippen LogP contribution < -0.4 is 5.56 Å². The summed E-state index contributed by atoms with van der Waals surface area (Å²) in [6, 6.07) is 7.82. The number of carbonyl (C=O) groups is 1. The Kier molecular flexibility index (Phi) is 5.91. The molecule has 2 aromatic rings. The minimum Gasteiger partial charge on any atom is -0.336 e. The minimum absolute atomic E-state index is 0.152. The smallest absolute Gasteiger partial charge is 0.264 e. The minimum atomic E-state index is -0.356. The van der Waals surface area contributed by atoms with Crippen LogP contribution >= 0.6 is 11.6 Å². The van der Waals surface area contributed by atoms with Crippen molar-refractivity contribution in [1.29, 1.82) is 0 Å². The molecule has 1 aromatic heterocycles. The molecule has 150 valence electrons. The standard InChI is InChI=1S/C21H27ClN4O2/c1-14-17(18(27)24-20(23-14)21(2,3)4)19(28)26-11-9-25(10-12-26)13-15-5-7-16(22)8-6-15/h5-8H,9-13H2,1-4H3,(H,23,24,27). The van der Waals surface area contributed by atoms with E-state index in [1.54, 1.807) is 11.8 Å². The fourth-order valence-corrected chi connectivity index (χ4v) is 3.43. The molecule has 28 heavy (non-hydrogen) atoms. The first-order valence-corrected chi connectivity index (χ1v) is 9.90. The highest BCUT2D eigenvalue weighted by Gasteiger charge is 2.27. The van der Waals surface area contributed by atoms with Crippen molar-refractivity contribution in [2.24, 2.45) is 0 Å². The summed E-state index contributed by atoms with van der Waals surface area (Å²) in [6.45, 7) is 11.2. The van der Waals surface area contributed by atoms with Gasteiger partial charge in [-0.05, 0) is 24.6 Å². The molecule has 0 radical (unpaired) electrons. The Labute approximate surface area is 170 Å². The van der Waals surface area contributed by atoms with Crippen molar-refractivity contribution in [1.82, 2.24) is 19.8 Å². The van der Waals surface area contributed by atoms with E-state index in [2.05, 4.69) is 14.9 Å². The number of hydrogen-bond acceptors (Lipinski definition) is 4. The van der Waals surface area contributed by atoms with Crippen LogP contribution in [0.25, 0.3) is 0 Å². The van der Waals surface area contributed by atoms with Crippen LogP contribution in [0.3, 0.4) is 0 Å². The maximum atomic E-state index is 12.9. The predicted octanol–water partition coefficient (Wildman–Crippen LogP) is 2.99. The van der Waals surface area contributed by atoms with Crippen molar-refractivity contribution in [2.75, 3.05) is 26.2 Å². The molecule has 2 heterocycles. The molecule has 0 atom stereocenters. The Morgan fingerprint density at radius 2 is 1.75 bits per heavy atom. The van der Waals surface area contributed by atoms with E-state index >= 15 is 0 Å². The number of aromatic amines is 1. The number of aryl methyl sites for hydroxylation is 1. The number of rotatable bonds is 3. The zero-order chi connectivity index (χ0) is 20.5. The molecule has 0 bridgehead atoms. The lowest BCUT2D eigenvalue weighted by atomic mass is 9.95. The number of aromatic nitrogens is 2. The summed E-state index contributed by atoms with van der Waals surface area (Å²) in [5.41, 5.74) is 1.20. The van der Waals surface area contributed by atoms with Crippen LogP contribution in [0.1, 0.15) is 48.2 Å². The molecule has 3 rings (SSSR count). The van der Waals surface area contributed by atoms with Gasteiger partial charge in [0, 0.05) is 43.2 Å². The molecular formula is C21H27ClN4O2. The van der Waals surface area contributed by atoms with Crippen LogP contribution in [-0.4, -0.2) is 51.9 Å². The number of nitrogens with zero attached hydrogens (tertiary/aromatic N) is 3. The van der Waals surface area contributed by atoms with Gasteiger partial charge in [0.15, 0.2) is 0 Å². The second-order valence-electron chi connectivity index (χ2n) is 8.32. The Morgan fingerprint density at radius 1 is 1.14 bits per heavy atom. The zero-order valence-electron chi connectivity index (χ0n) is 16.9.